The summed E-state index contributed by atoms with van der Waals surface area (Å²) in [5.74, 6) is 0. The van der Waals surface area contributed by atoms with E-state index in [9.17, 15) is 0 Å². The summed E-state index contributed by atoms with van der Waals surface area (Å²) in [5, 5.41) is 13.1. The third-order valence-electron chi connectivity index (χ3n) is 3.08. The molecule has 0 saturated carbocycles. The van der Waals surface area contributed by atoms with Crippen LogP contribution in [0.25, 0.3) is 0 Å². The molecule has 2 rings (SSSR count). The minimum absolute atomic E-state index is 0.686. The number of aromatic nitrogens is 4. The number of hydrogen-bond donors (Lipinski definition) is 1. The Morgan fingerprint density at radius 1 is 1.28 bits per heavy atom. The van der Waals surface area contributed by atoms with Crippen LogP contribution in [-0.2, 0) is 13.0 Å². The summed E-state index contributed by atoms with van der Waals surface area (Å²) in [4.78, 5) is 0. The van der Waals surface area contributed by atoms with Crippen molar-refractivity contribution in [1.29, 1.82) is 0 Å². The Morgan fingerprint density at radius 2 is 2.06 bits per heavy atom. The van der Waals surface area contributed by atoms with Gasteiger partial charge in [-0.05, 0) is 32.8 Å². The molecule has 2 aromatic rings. The zero-order valence-electron chi connectivity index (χ0n) is 11.3. The highest BCUT2D eigenvalue weighted by atomic mass is 32.1. The molecule has 0 radical (unpaired) electrons. The first-order valence-electron chi connectivity index (χ1n) is 6.25. The fourth-order valence-corrected chi connectivity index (χ4v) is 2.79. The summed E-state index contributed by atoms with van der Waals surface area (Å²) < 4.78 is 6.02. The molecule has 0 aliphatic rings. The van der Waals surface area contributed by atoms with Crippen molar-refractivity contribution in [2.24, 2.45) is 0 Å². The minimum Gasteiger partial charge on any atom is -0.374 e. The van der Waals surface area contributed by atoms with Gasteiger partial charge in [0, 0.05) is 23.8 Å². The molecule has 18 heavy (non-hydrogen) atoms. The molecule has 0 bridgehead atoms. The summed E-state index contributed by atoms with van der Waals surface area (Å²) in [6.07, 6.45) is 1.02. The van der Waals surface area contributed by atoms with Crippen molar-refractivity contribution < 1.29 is 0 Å². The molecule has 5 nitrogen and oxygen atoms in total. The van der Waals surface area contributed by atoms with Crippen LogP contribution in [0.1, 0.15) is 36.5 Å². The average molecular weight is 265 g/mol. The third kappa shape index (κ3) is 2.38. The summed E-state index contributed by atoms with van der Waals surface area (Å²) >= 11 is 1.40. The third-order valence-corrected chi connectivity index (χ3v) is 3.80. The second kappa shape index (κ2) is 5.48. The lowest BCUT2D eigenvalue weighted by Gasteiger charge is -2.05. The van der Waals surface area contributed by atoms with Gasteiger partial charge in [-0.3, -0.25) is 4.68 Å². The zero-order chi connectivity index (χ0) is 13.1. The number of rotatable bonds is 5. The Morgan fingerprint density at radius 3 is 2.67 bits per heavy atom. The van der Waals surface area contributed by atoms with E-state index < -0.39 is 0 Å². The summed E-state index contributed by atoms with van der Waals surface area (Å²) in [5.41, 5.74) is 4.65. The van der Waals surface area contributed by atoms with E-state index in [-0.39, 0.29) is 0 Å². The molecule has 98 valence electrons. The van der Waals surface area contributed by atoms with E-state index in [1.807, 2.05) is 4.68 Å². The van der Waals surface area contributed by atoms with E-state index in [1.54, 1.807) is 0 Å². The molecule has 0 amide bonds. The van der Waals surface area contributed by atoms with Gasteiger partial charge in [0.15, 0.2) is 0 Å². The van der Waals surface area contributed by atoms with Crippen molar-refractivity contribution >= 4 is 16.5 Å². The number of aryl methyl sites for hydroxylation is 1. The predicted molar refractivity (Wildman–Crippen MR) is 74.3 cm³/mol. The maximum atomic E-state index is 4.58. The second-order valence-corrected chi connectivity index (χ2v) is 4.99. The van der Waals surface area contributed by atoms with Crippen molar-refractivity contribution in [2.75, 3.05) is 11.9 Å². The summed E-state index contributed by atoms with van der Waals surface area (Å²) in [7, 11) is 0. The Labute approximate surface area is 111 Å². The highest BCUT2D eigenvalue weighted by Gasteiger charge is 2.13. The zero-order valence-corrected chi connectivity index (χ0v) is 12.1. The molecule has 2 aromatic heterocycles. The molecular weight excluding hydrogens is 246 g/mol. The van der Waals surface area contributed by atoms with Crippen molar-refractivity contribution in [1.82, 2.24) is 19.4 Å². The van der Waals surface area contributed by atoms with E-state index in [4.69, 9.17) is 0 Å². The van der Waals surface area contributed by atoms with Crippen LogP contribution in [0.4, 0.5) is 5.00 Å². The first kappa shape index (κ1) is 13.0. The molecule has 0 unspecified atom stereocenters. The van der Waals surface area contributed by atoms with Gasteiger partial charge in [-0.25, -0.2) is 0 Å². The van der Waals surface area contributed by atoms with E-state index >= 15 is 0 Å². The normalized spacial score (nSPS) is 10.9. The Kier molecular flexibility index (Phi) is 3.96. The van der Waals surface area contributed by atoms with Gasteiger partial charge in [0.25, 0.3) is 0 Å². The summed E-state index contributed by atoms with van der Waals surface area (Å²) in [6, 6.07) is 0. The highest BCUT2D eigenvalue weighted by molar-refractivity contribution is 7.10. The molecule has 0 aliphatic heterocycles. The number of nitrogens with zero attached hydrogens (tertiary/aromatic N) is 4. The molecule has 0 fully saturated rings. The quantitative estimate of drug-likeness (QED) is 0.902. The molecule has 0 aromatic carbocycles. The lowest BCUT2D eigenvalue weighted by molar-refractivity contribution is 0.645. The topological polar surface area (TPSA) is 55.6 Å². The van der Waals surface area contributed by atoms with Crippen molar-refractivity contribution in [2.45, 2.75) is 40.7 Å². The predicted octanol–water partition coefficient (Wildman–Crippen LogP) is 2.39. The van der Waals surface area contributed by atoms with Gasteiger partial charge in [-0.2, -0.15) is 5.10 Å². The Balaban J connectivity index is 2.26. The van der Waals surface area contributed by atoms with Gasteiger partial charge in [0.05, 0.1) is 12.2 Å². The monoisotopic (exact) mass is 265 g/mol. The van der Waals surface area contributed by atoms with Gasteiger partial charge in [0.2, 0.25) is 0 Å². The molecule has 0 saturated heterocycles. The van der Waals surface area contributed by atoms with Crippen LogP contribution in [0, 0.1) is 13.8 Å². The van der Waals surface area contributed by atoms with Gasteiger partial charge < -0.3 is 5.32 Å². The van der Waals surface area contributed by atoms with E-state index in [1.165, 1.54) is 22.8 Å². The molecule has 1 N–H and O–H groups in total. The van der Waals surface area contributed by atoms with Gasteiger partial charge >= 0.3 is 0 Å². The smallest absolute Gasteiger partial charge is 0.135 e. The fourth-order valence-electron chi connectivity index (χ4n) is 2.15. The first-order valence-corrected chi connectivity index (χ1v) is 7.02. The second-order valence-electron chi connectivity index (χ2n) is 4.24. The van der Waals surface area contributed by atoms with Crippen LogP contribution >= 0.6 is 11.5 Å². The molecule has 6 heteroatoms. The van der Waals surface area contributed by atoms with E-state index in [0.29, 0.717) is 6.54 Å². The SMILES string of the molecule is CCNc1snnc1Cn1nc(C)c(CC)c1C. The molecule has 2 heterocycles. The molecule has 0 atom stereocenters. The number of nitrogens with one attached hydrogen (secondary N) is 1. The van der Waals surface area contributed by atoms with Crippen LogP contribution in [0.3, 0.4) is 0 Å². The van der Waals surface area contributed by atoms with Crippen LogP contribution < -0.4 is 5.32 Å². The fraction of sp³-hybridized carbons (Fsp3) is 0.583. The maximum absolute atomic E-state index is 4.58. The van der Waals surface area contributed by atoms with Crippen molar-refractivity contribution in [3.8, 4) is 0 Å². The van der Waals surface area contributed by atoms with Crippen molar-refractivity contribution in [3.63, 3.8) is 0 Å². The van der Waals surface area contributed by atoms with E-state index in [2.05, 4.69) is 47.7 Å². The molecule has 0 aliphatic carbocycles. The van der Waals surface area contributed by atoms with Gasteiger partial charge in [-0.1, -0.05) is 11.4 Å². The van der Waals surface area contributed by atoms with Gasteiger partial charge in [0.1, 0.15) is 10.7 Å². The van der Waals surface area contributed by atoms with Gasteiger partial charge in [-0.15, -0.1) is 5.10 Å². The highest BCUT2D eigenvalue weighted by Crippen LogP contribution is 2.20. The Hall–Kier alpha value is -1.43. The van der Waals surface area contributed by atoms with Crippen LogP contribution in [0.15, 0.2) is 0 Å². The minimum atomic E-state index is 0.686. The summed E-state index contributed by atoms with van der Waals surface area (Å²) in [6.45, 7) is 9.98. The standard InChI is InChI=1S/C12H19N5S/c1-5-10-8(3)15-17(9(10)4)7-11-12(13-6-2)18-16-14-11/h13H,5-7H2,1-4H3. The Bertz CT molecular complexity index is 529. The van der Waals surface area contributed by atoms with E-state index in [0.717, 1.165) is 29.4 Å². The molecule has 0 spiro atoms. The lowest BCUT2D eigenvalue weighted by atomic mass is 10.1. The first-order chi connectivity index (χ1) is 8.67. The van der Waals surface area contributed by atoms with Crippen LogP contribution in [-0.4, -0.2) is 25.9 Å². The number of anilines is 1. The van der Waals surface area contributed by atoms with Crippen LogP contribution in [0.2, 0.25) is 0 Å². The maximum Gasteiger partial charge on any atom is 0.135 e. The average Bonchev–Trinajstić information content (AvgIpc) is 2.87. The largest absolute Gasteiger partial charge is 0.374 e. The van der Waals surface area contributed by atoms with Crippen molar-refractivity contribution in [3.05, 3.63) is 22.6 Å². The number of hydrogen-bond acceptors (Lipinski definition) is 5. The molecular formula is C12H19N5S. The lowest BCUT2D eigenvalue weighted by Crippen LogP contribution is -2.07. The van der Waals surface area contributed by atoms with Crippen LogP contribution in [0.5, 0.6) is 0 Å².